The van der Waals surface area contributed by atoms with Crippen LogP contribution in [0.5, 0.6) is 11.5 Å². The van der Waals surface area contributed by atoms with E-state index >= 15 is 0 Å². The fraction of sp³-hybridized carbons (Fsp3) is 0.158. The molecule has 27 heavy (non-hydrogen) atoms. The second-order valence-corrected chi connectivity index (χ2v) is 5.86. The van der Waals surface area contributed by atoms with E-state index in [2.05, 4.69) is 37.2 Å². The van der Waals surface area contributed by atoms with Crippen molar-refractivity contribution in [2.45, 2.75) is 13.5 Å². The van der Waals surface area contributed by atoms with Crippen LogP contribution < -0.4 is 10.2 Å². The number of anilines is 1. The van der Waals surface area contributed by atoms with E-state index in [1.807, 2.05) is 24.3 Å². The highest BCUT2D eigenvalue weighted by Crippen LogP contribution is 2.26. The van der Waals surface area contributed by atoms with E-state index in [-0.39, 0.29) is 11.7 Å². The van der Waals surface area contributed by atoms with Crippen molar-refractivity contribution >= 4 is 34.2 Å². The lowest BCUT2D eigenvalue weighted by Crippen LogP contribution is -2.02. The van der Waals surface area contributed by atoms with E-state index in [0.29, 0.717) is 11.3 Å². The third-order valence-electron chi connectivity index (χ3n) is 4.29. The highest BCUT2D eigenvalue weighted by atomic mass is 16.5. The molecule has 0 radical (unpaired) electrons. The summed E-state index contributed by atoms with van der Waals surface area (Å²) in [7, 11) is 1.56. The molecule has 0 bridgehead atoms. The van der Waals surface area contributed by atoms with Gasteiger partial charge in [0.25, 0.3) is 5.95 Å². The number of phenolic OH excluding ortho intramolecular Hbond substituents is 1. The predicted octanol–water partition coefficient (Wildman–Crippen LogP) is 3.16. The Bertz CT molecular complexity index is 1150. The molecule has 0 aliphatic carbocycles. The maximum absolute atomic E-state index is 9.90. The topological polar surface area (TPSA) is 97.5 Å². The molecule has 2 aromatic carbocycles. The standard InChI is InChI=1S/C19H18N6O2/c1-3-25-15-7-5-4-6-14(15)17-18(25)21-19(24-22-17)23-20-11-12-10-13(27-2)8-9-16(12)26/h4-11,26H,3H2,1-2H3,(H,21,23,24)/b20-11+. The molecule has 2 aromatic heterocycles. The molecule has 4 aromatic rings. The fourth-order valence-electron chi connectivity index (χ4n) is 2.99. The van der Waals surface area contributed by atoms with Crippen molar-refractivity contribution in [2.75, 3.05) is 12.5 Å². The molecule has 0 unspecified atom stereocenters. The summed E-state index contributed by atoms with van der Waals surface area (Å²) in [6.45, 7) is 2.83. The van der Waals surface area contributed by atoms with Crippen molar-refractivity contribution in [3.63, 3.8) is 0 Å². The van der Waals surface area contributed by atoms with Crippen LogP contribution >= 0.6 is 0 Å². The highest BCUT2D eigenvalue weighted by molar-refractivity contribution is 6.04. The van der Waals surface area contributed by atoms with E-state index in [0.717, 1.165) is 28.6 Å². The normalized spacial score (nSPS) is 11.5. The van der Waals surface area contributed by atoms with Crippen LogP contribution in [0, 0.1) is 0 Å². The molecular weight excluding hydrogens is 344 g/mol. The van der Waals surface area contributed by atoms with Gasteiger partial charge in [-0.1, -0.05) is 18.2 Å². The maximum Gasteiger partial charge on any atom is 0.265 e. The van der Waals surface area contributed by atoms with E-state index in [1.165, 1.54) is 6.21 Å². The summed E-state index contributed by atoms with van der Waals surface area (Å²) < 4.78 is 7.23. The fourth-order valence-corrected chi connectivity index (χ4v) is 2.99. The summed E-state index contributed by atoms with van der Waals surface area (Å²) in [6.07, 6.45) is 1.47. The van der Waals surface area contributed by atoms with Gasteiger partial charge in [0.2, 0.25) is 0 Å². The number of rotatable bonds is 5. The maximum atomic E-state index is 9.90. The number of aryl methyl sites for hydroxylation is 1. The van der Waals surface area contributed by atoms with Crippen molar-refractivity contribution in [1.29, 1.82) is 0 Å². The van der Waals surface area contributed by atoms with Gasteiger partial charge in [-0.2, -0.15) is 10.1 Å². The number of hydrogen-bond acceptors (Lipinski definition) is 7. The van der Waals surface area contributed by atoms with Crippen LogP contribution in [0.3, 0.4) is 0 Å². The molecule has 2 N–H and O–H groups in total. The zero-order valence-electron chi connectivity index (χ0n) is 14.9. The average molecular weight is 362 g/mol. The van der Waals surface area contributed by atoms with Crippen molar-refractivity contribution in [1.82, 2.24) is 19.7 Å². The first-order valence-electron chi connectivity index (χ1n) is 8.49. The molecule has 0 fully saturated rings. The molecule has 4 rings (SSSR count). The van der Waals surface area contributed by atoms with E-state index in [4.69, 9.17) is 4.74 Å². The lowest BCUT2D eigenvalue weighted by Gasteiger charge is -2.04. The molecule has 8 heteroatoms. The number of para-hydroxylation sites is 1. The number of nitrogens with zero attached hydrogens (tertiary/aromatic N) is 5. The number of benzene rings is 2. The van der Waals surface area contributed by atoms with E-state index < -0.39 is 0 Å². The lowest BCUT2D eigenvalue weighted by molar-refractivity contribution is 0.412. The molecule has 0 atom stereocenters. The summed E-state index contributed by atoms with van der Waals surface area (Å²) in [5.74, 6) is 1.00. The molecule has 0 saturated heterocycles. The Morgan fingerprint density at radius 2 is 2.07 bits per heavy atom. The van der Waals surface area contributed by atoms with Crippen LogP contribution in [0.4, 0.5) is 5.95 Å². The Labute approximate surface area is 155 Å². The second-order valence-electron chi connectivity index (χ2n) is 5.86. The summed E-state index contributed by atoms with van der Waals surface area (Å²) in [5.41, 5.74) is 5.85. The minimum atomic E-state index is 0.0990. The Kier molecular flexibility index (Phi) is 4.29. The van der Waals surface area contributed by atoms with E-state index in [9.17, 15) is 5.11 Å². The van der Waals surface area contributed by atoms with Crippen molar-refractivity contribution < 1.29 is 9.84 Å². The molecule has 0 amide bonds. The predicted molar refractivity (Wildman–Crippen MR) is 104 cm³/mol. The monoisotopic (exact) mass is 362 g/mol. The summed E-state index contributed by atoms with van der Waals surface area (Å²) in [4.78, 5) is 4.55. The molecular formula is C19H18N6O2. The zero-order chi connectivity index (χ0) is 18.8. The molecule has 8 nitrogen and oxygen atoms in total. The first-order chi connectivity index (χ1) is 13.2. The van der Waals surface area contributed by atoms with Crippen LogP contribution in [0.1, 0.15) is 12.5 Å². The third-order valence-corrected chi connectivity index (χ3v) is 4.29. The average Bonchev–Trinajstić information content (AvgIpc) is 3.02. The van der Waals surface area contributed by atoms with Gasteiger partial charge in [-0.05, 0) is 31.2 Å². The highest BCUT2D eigenvalue weighted by Gasteiger charge is 2.13. The molecule has 0 aliphatic rings. The van der Waals surface area contributed by atoms with Crippen LogP contribution in [-0.4, -0.2) is 38.2 Å². The molecule has 136 valence electrons. The number of phenols is 1. The van der Waals surface area contributed by atoms with Gasteiger partial charge in [-0.15, -0.1) is 10.2 Å². The number of fused-ring (bicyclic) bond motifs is 3. The van der Waals surface area contributed by atoms with Gasteiger partial charge < -0.3 is 14.4 Å². The number of hydrogen-bond donors (Lipinski definition) is 2. The van der Waals surface area contributed by atoms with Crippen molar-refractivity contribution in [2.24, 2.45) is 5.10 Å². The van der Waals surface area contributed by atoms with Gasteiger partial charge in [-0.3, -0.25) is 0 Å². The molecule has 0 spiro atoms. The molecule has 0 saturated carbocycles. The minimum absolute atomic E-state index is 0.0990. The number of nitrogens with one attached hydrogen (secondary N) is 1. The number of ether oxygens (including phenoxy) is 1. The van der Waals surface area contributed by atoms with Gasteiger partial charge >= 0.3 is 0 Å². The summed E-state index contributed by atoms with van der Waals surface area (Å²) in [5, 5.41) is 23.4. The summed E-state index contributed by atoms with van der Waals surface area (Å²) >= 11 is 0. The minimum Gasteiger partial charge on any atom is -0.507 e. The first kappa shape index (κ1) is 16.8. The van der Waals surface area contributed by atoms with Crippen LogP contribution in [0.25, 0.3) is 22.1 Å². The van der Waals surface area contributed by atoms with Gasteiger partial charge in [0.05, 0.1) is 18.8 Å². The Morgan fingerprint density at radius 3 is 2.89 bits per heavy atom. The quantitative estimate of drug-likeness (QED) is 0.418. The summed E-state index contributed by atoms with van der Waals surface area (Å²) in [6, 6.07) is 12.9. The van der Waals surface area contributed by atoms with Gasteiger partial charge in [0.1, 0.15) is 17.0 Å². The van der Waals surface area contributed by atoms with E-state index in [1.54, 1.807) is 25.3 Å². The Balaban J connectivity index is 1.66. The number of aromatic hydroxyl groups is 1. The number of aromatic nitrogens is 4. The largest absolute Gasteiger partial charge is 0.507 e. The first-order valence-corrected chi connectivity index (χ1v) is 8.49. The Morgan fingerprint density at radius 1 is 1.22 bits per heavy atom. The van der Waals surface area contributed by atoms with Crippen molar-refractivity contribution in [3.05, 3.63) is 48.0 Å². The van der Waals surface area contributed by atoms with Crippen LogP contribution in [-0.2, 0) is 6.54 Å². The van der Waals surface area contributed by atoms with Gasteiger partial charge in [0, 0.05) is 17.5 Å². The van der Waals surface area contributed by atoms with Crippen molar-refractivity contribution in [3.8, 4) is 11.5 Å². The Hall–Kier alpha value is -3.68. The number of hydrazone groups is 1. The second kappa shape index (κ2) is 6.91. The third kappa shape index (κ3) is 3.01. The van der Waals surface area contributed by atoms with Gasteiger partial charge in [0.15, 0.2) is 5.65 Å². The van der Waals surface area contributed by atoms with Gasteiger partial charge in [-0.25, -0.2) is 5.43 Å². The smallest absolute Gasteiger partial charge is 0.265 e. The number of methoxy groups -OCH3 is 1. The SMILES string of the molecule is CCn1c2ccccc2c2nnc(N/N=C/c3cc(OC)ccc3O)nc21. The molecule has 0 aliphatic heterocycles. The van der Waals surface area contributed by atoms with Crippen LogP contribution in [0.2, 0.25) is 0 Å². The van der Waals surface area contributed by atoms with Crippen LogP contribution in [0.15, 0.2) is 47.6 Å². The zero-order valence-corrected chi connectivity index (χ0v) is 14.9. The lowest BCUT2D eigenvalue weighted by atomic mass is 10.2. The molecule has 2 heterocycles.